The van der Waals surface area contributed by atoms with E-state index in [0.29, 0.717) is 40.9 Å². The molecule has 35 heavy (non-hydrogen) atoms. The number of rotatable bonds is 5. The summed E-state index contributed by atoms with van der Waals surface area (Å²) in [6, 6.07) is 13.0. The Morgan fingerprint density at radius 3 is 2.40 bits per heavy atom. The Labute approximate surface area is 203 Å². The molecule has 4 rings (SSSR count). The van der Waals surface area contributed by atoms with Gasteiger partial charge in [0.25, 0.3) is 0 Å². The minimum Gasteiger partial charge on any atom is -0.550 e. The number of esters is 1. The molecule has 0 saturated carbocycles. The lowest BCUT2D eigenvalue weighted by atomic mass is 9.73. The Balaban J connectivity index is 1.93. The van der Waals surface area contributed by atoms with Gasteiger partial charge in [0.15, 0.2) is 5.78 Å². The number of Topliss-reactive ketones (excluding diaryl/α,β-unsaturated/α-hetero) is 1. The van der Waals surface area contributed by atoms with Crippen LogP contribution >= 0.6 is 0 Å². The first-order chi connectivity index (χ1) is 16.6. The number of allylic oxidation sites excluding steroid dienone is 1. The van der Waals surface area contributed by atoms with Crippen molar-refractivity contribution in [2.45, 2.75) is 45.6 Å². The molecule has 1 N–H and O–H groups in total. The van der Waals surface area contributed by atoms with Crippen LogP contribution in [0.1, 0.15) is 61.5 Å². The van der Waals surface area contributed by atoms with Gasteiger partial charge in [0, 0.05) is 30.1 Å². The van der Waals surface area contributed by atoms with Crippen molar-refractivity contribution in [3.8, 4) is 0 Å². The van der Waals surface area contributed by atoms with Crippen molar-refractivity contribution < 1.29 is 29.0 Å². The fourth-order valence-electron chi connectivity index (χ4n) is 4.83. The zero-order valence-electron chi connectivity index (χ0n) is 19.9. The van der Waals surface area contributed by atoms with E-state index in [2.05, 4.69) is 5.32 Å². The van der Waals surface area contributed by atoms with Crippen LogP contribution in [0.4, 0.5) is 11.4 Å². The fourth-order valence-corrected chi connectivity index (χ4v) is 4.83. The predicted octanol–water partition coefficient (Wildman–Crippen LogP) is 3.15. The number of amides is 1. The van der Waals surface area contributed by atoms with Crippen molar-refractivity contribution in [3.63, 3.8) is 0 Å². The highest BCUT2D eigenvalue weighted by Crippen LogP contribution is 2.48. The molecule has 8 nitrogen and oxygen atoms in total. The molecule has 0 aromatic heterocycles. The normalized spacial score (nSPS) is 18.7. The maximum atomic E-state index is 13.6. The van der Waals surface area contributed by atoms with E-state index in [-0.39, 0.29) is 17.6 Å². The summed E-state index contributed by atoms with van der Waals surface area (Å²) in [6.07, 6.45) is 0.184. The van der Waals surface area contributed by atoms with Gasteiger partial charge < -0.3 is 20.0 Å². The van der Waals surface area contributed by atoms with Gasteiger partial charge in [-0.1, -0.05) is 38.1 Å². The first-order valence-corrected chi connectivity index (χ1v) is 11.4. The number of ketones is 1. The summed E-state index contributed by atoms with van der Waals surface area (Å²) in [5.41, 5.74) is 3.08. The fraction of sp³-hybridized carbons (Fsp3) is 0.333. The molecule has 0 saturated heterocycles. The number of benzene rings is 2. The van der Waals surface area contributed by atoms with Crippen LogP contribution in [0.3, 0.4) is 0 Å². The Kier molecular flexibility index (Phi) is 6.47. The number of ether oxygens (including phenoxy) is 1. The number of carbonyl (C=O) groups excluding carboxylic acids is 4. The van der Waals surface area contributed by atoms with Crippen molar-refractivity contribution in [1.82, 2.24) is 0 Å². The second-order valence-corrected chi connectivity index (χ2v) is 9.63. The van der Waals surface area contributed by atoms with Gasteiger partial charge in [-0.2, -0.15) is 0 Å². The lowest BCUT2D eigenvalue weighted by Crippen LogP contribution is -2.40. The molecule has 1 heterocycles. The van der Waals surface area contributed by atoms with E-state index in [1.165, 1.54) is 12.0 Å². The molecule has 182 valence electrons. The van der Waals surface area contributed by atoms with Crippen LogP contribution in [0, 0.1) is 5.41 Å². The van der Waals surface area contributed by atoms with Gasteiger partial charge in [0.05, 0.1) is 30.1 Å². The summed E-state index contributed by atoms with van der Waals surface area (Å²) in [7, 11) is 1.29. The Morgan fingerprint density at radius 2 is 1.74 bits per heavy atom. The number of nitrogens with zero attached hydrogens (tertiary/aromatic N) is 1. The molecule has 1 aliphatic carbocycles. The first-order valence-electron chi connectivity index (χ1n) is 11.4. The quantitative estimate of drug-likeness (QED) is 0.661. The number of aliphatic carboxylic acids is 1. The molecular weight excluding hydrogens is 448 g/mol. The smallest absolute Gasteiger partial charge is 0.337 e. The number of carboxylic acid groups (broad SMARTS) is 1. The van der Waals surface area contributed by atoms with E-state index < -0.39 is 30.3 Å². The minimum absolute atomic E-state index is 0.0868. The Hall–Kier alpha value is -3.94. The van der Waals surface area contributed by atoms with Crippen LogP contribution in [-0.2, 0) is 19.1 Å². The largest absolute Gasteiger partial charge is 0.550 e. The highest BCUT2D eigenvalue weighted by atomic mass is 16.5. The molecule has 2 aromatic rings. The lowest BCUT2D eigenvalue weighted by Gasteiger charge is -2.37. The van der Waals surface area contributed by atoms with Crippen LogP contribution in [0.5, 0.6) is 0 Å². The number of carboxylic acids is 1. The van der Waals surface area contributed by atoms with E-state index in [1.807, 2.05) is 26.0 Å². The first kappa shape index (κ1) is 24.2. The molecule has 0 radical (unpaired) electrons. The van der Waals surface area contributed by atoms with E-state index in [4.69, 9.17) is 4.74 Å². The molecule has 8 heteroatoms. The average molecular weight is 476 g/mol. The topological polar surface area (TPSA) is 116 Å². The third kappa shape index (κ3) is 4.82. The molecule has 2 aromatic carbocycles. The van der Waals surface area contributed by atoms with Gasteiger partial charge >= 0.3 is 5.97 Å². The maximum Gasteiger partial charge on any atom is 0.337 e. The van der Waals surface area contributed by atoms with Gasteiger partial charge in [-0.25, -0.2) is 4.79 Å². The van der Waals surface area contributed by atoms with E-state index in [9.17, 15) is 24.3 Å². The standard InChI is InChI=1S/C27H28N2O6/c1-27(2)14-19-24(21(30)15-27)25(16-8-10-17(11-9-16)26(34)35-3)29(22(31)12-13-23(32)33)20-7-5-4-6-18(20)28-19/h4-11,25,28H,12-15H2,1-3H3,(H,32,33)/p-1. The molecule has 1 atom stereocenters. The molecule has 1 aliphatic heterocycles. The van der Waals surface area contributed by atoms with Gasteiger partial charge in [0.1, 0.15) is 0 Å². The Morgan fingerprint density at radius 1 is 1.06 bits per heavy atom. The summed E-state index contributed by atoms with van der Waals surface area (Å²) >= 11 is 0. The number of fused-ring (bicyclic) bond motifs is 1. The number of methoxy groups -OCH3 is 1. The highest BCUT2D eigenvalue weighted by molar-refractivity contribution is 6.06. The number of carbonyl (C=O) groups is 4. The van der Waals surface area contributed by atoms with E-state index >= 15 is 0 Å². The number of nitrogens with one attached hydrogen (secondary N) is 1. The second kappa shape index (κ2) is 9.37. The number of para-hydroxylation sites is 2. The molecule has 0 fully saturated rings. The summed E-state index contributed by atoms with van der Waals surface area (Å²) in [5.74, 6) is -2.36. The van der Waals surface area contributed by atoms with Crippen LogP contribution in [0.2, 0.25) is 0 Å². The van der Waals surface area contributed by atoms with Gasteiger partial charge in [0.2, 0.25) is 5.91 Å². The highest BCUT2D eigenvalue weighted by Gasteiger charge is 2.43. The predicted molar refractivity (Wildman–Crippen MR) is 127 cm³/mol. The zero-order valence-corrected chi connectivity index (χ0v) is 19.9. The van der Waals surface area contributed by atoms with Crippen LogP contribution in [-0.4, -0.2) is 30.7 Å². The van der Waals surface area contributed by atoms with E-state index in [0.717, 1.165) is 5.70 Å². The third-order valence-corrected chi connectivity index (χ3v) is 6.36. The maximum absolute atomic E-state index is 13.6. The third-order valence-electron chi connectivity index (χ3n) is 6.36. The van der Waals surface area contributed by atoms with Crippen molar-refractivity contribution in [3.05, 3.63) is 70.9 Å². The van der Waals surface area contributed by atoms with Crippen LogP contribution in [0.15, 0.2) is 59.8 Å². The summed E-state index contributed by atoms with van der Waals surface area (Å²) in [5, 5.41) is 14.5. The second-order valence-electron chi connectivity index (χ2n) is 9.63. The SMILES string of the molecule is COC(=O)c1ccc(C2C3=C(CC(C)(C)CC3=O)Nc3ccccc3N2C(=O)CCC(=O)[O-])cc1. The van der Waals surface area contributed by atoms with E-state index in [1.54, 1.807) is 36.4 Å². The molecule has 0 bridgehead atoms. The van der Waals surface area contributed by atoms with Gasteiger partial charge in [-0.15, -0.1) is 0 Å². The molecular formula is C27H27N2O6-. The van der Waals surface area contributed by atoms with Crippen molar-refractivity contribution in [1.29, 1.82) is 0 Å². The number of anilines is 2. The number of hydrogen-bond donors (Lipinski definition) is 1. The monoisotopic (exact) mass is 475 g/mol. The minimum atomic E-state index is -1.33. The summed E-state index contributed by atoms with van der Waals surface area (Å²) in [4.78, 5) is 51.7. The number of hydrogen-bond acceptors (Lipinski definition) is 7. The van der Waals surface area contributed by atoms with Crippen molar-refractivity contribution >= 4 is 35.0 Å². The van der Waals surface area contributed by atoms with Gasteiger partial charge in [-0.05, 0) is 48.1 Å². The lowest BCUT2D eigenvalue weighted by molar-refractivity contribution is -0.305. The molecule has 0 spiro atoms. The average Bonchev–Trinajstić information content (AvgIpc) is 2.95. The van der Waals surface area contributed by atoms with Crippen molar-refractivity contribution in [2.24, 2.45) is 5.41 Å². The molecule has 2 aliphatic rings. The summed E-state index contributed by atoms with van der Waals surface area (Å²) in [6.45, 7) is 4.05. The van der Waals surface area contributed by atoms with Crippen molar-refractivity contribution in [2.75, 3.05) is 17.3 Å². The Bertz CT molecular complexity index is 1230. The molecule has 1 unspecified atom stereocenters. The summed E-state index contributed by atoms with van der Waals surface area (Å²) < 4.78 is 4.79. The molecule has 1 amide bonds. The van der Waals surface area contributed by atoms with Crippen LogP contribution in [0.25, 0.3) is 0 Å². The van der Waals surface area contributed by atoms with Gasteiger partial charge in [-0.3, -0.25) is 14.5 Å². The van der Waals surface area contributed by atoms with Crippen LogP contribution < -0.4 is 15.3 Å². The zero-order chi connectivity index (χ0) is 25.3.